The highest BCUT2D eigenvalue weighted by Gasteiger charge is 2.30. The summed E-state index contributed by atoms with van der Waals surface area (Å²) in [5, 5.41) is 6.00. The fourth-order valence-corrected chi connectivity index (χ4v) is 3.88. The smallest absolute Gasteiger partial charge is 0.220 e. The molecule has 3 rings (SSSR count). The fraction of sp³-hybridized carbons (Fsp3) is 0.400. The van der Waals surface area contributed by atoms with Gasteiger partial charge in [-0.15, -0.1) is 0 Å². The molecular formula is C25H30N2O3. The van der Waals surface area contributed by atoms with Crippen LogP contribution in [0.2, 0.25) is 0 Å². The third-order valence-electron chi connectivity index (χ3n) is 5.41. The monoisotopic (exact) mass is 406 g/mol. The van der Waals surface area contributed by atoms with Gasteiger partial charge in [0.05, 0.1) is 12.1 Å². The number of hydrogen-bond donors (Lipinski definition) is 2. The Hall–Kier alpha value is -2.95. The summed E-state index contributed by atoms with van der Waals surface area (Å²) < 4.78 is 0. The first-order chi connectivity index (χ1) is 14.4. The van der Waals surface area contributed by atoms with Crippen molar-refractivity contribution in [3.05, 3.63) is 71.3 Å². The highest BCUT2D eigenvalue weighted by Crippen LogP contribution is 2.24. The first-order valence-corrected chi connectivity index (χ1v) is 10.7. The van der Waals surface area contributed by atoms with E-state index in [2.05, 4.69) is 24.5 Å². The SMILES string of the molecule is CC(C)Cc1ccc(C(=O)CCC(=O)N[C@@H]2CCC(=O)N[C@H]2c2ccccc2)cc1. The summed E-state index contributed by atoms with van der Waals surface area (Å²) >= 11 is 0. The van der Waals surface area contributed by atoms with Crippen LogP contribution in [-0.4, -0.2) is 23.6 Å². The van der Waals surface area contributed by atoms with Crippen molar-refractivity contribution >= 4 is 17.6 Å². The molecule has 2 aromatic carbocycles. The van der Waals surface area contributed by atoms with Crippen LogP contribution in [0.25, 0.3) is 0 Å². The molecule has 0 radical (unpaired) electrons. The van der Waals surface area contributed by atoms with Gasteiger partial charge in [-0.2, -0.15) is 0 Å². The molecule has 2 atom stereocenters. The van der Waals surface area contributed by atoms with E-state index < -0.39 is 0 Å². The summed E-state index contributed by atoms with van der Waals surface area (Å²) in [5.74, 6) is 0.365. The zero-order valence-electron chi connectivity index (χ0n) is 17.7. The summed E-state index contributed by atoms with van der Waals surface area (Å²) in [6.45, 7) is 4.33. The van der Waals surface area contributed by atoms with Crippen LogP contribution in [0.4, 0.5) is 0 Å². The first kappa shape index (κ1) is 21.8. The Kier molecular flexibility index (Phi) is 7.39. The second kappa shape index (κ2) is 10.2. The zero-order chi connectivity index (χ0) is 21.5. The molecule has 1 saturated heterocycles. The van der Waals surface area contributed by atoms with Crippen LogP contribution < -0.4 is 10.6 Å². The Morgan fingerprint density at radius 3 is 2.40 bits per heavy atom. The maximum Gasteiger partial charge on any atom is 0.220 e. The van der Waals surface area contributed by atoms with Gasteiger partial charge in [0, 0.05) is 24.8 Å². The lowest BCUT2D eigenvalue weighted by atomic mass is 9.91. The molecule has 0 spiro atoms. The second-order valence-corrected chi connectivity index (χ2v) is 8.39. The van der Waals surface area contributed by atoms with Gasteiger partial charge in [-0.25, -0.2) is 0 Å². The van der Waals surface area contributed by atoms with Crippen molar-refractivity contribution in [3.63, 3.8) is 0 Å². The third kappa shape index (κ3) is 6.02. The Labute approximate surface area is 178 Å². The van der Waals surface area contributed by atoms with Crippen molar-refractivity contribution < 1.29 is 14.4 Å². The molecule has 0 aliphatic carbocycles. The molecule has 2 aromatic rings. The maximum absolute atomic E-state index is 12.5. The van der Waals surface area contributed by atoms with E-state index in [0.717, 1.165) is 12.0 Å². The van der Waals surface area contributed by atoms with Crippen molar-refractivity contribution in [2.75, 3.05) is 0 Å². The van der Waals surface area contributed by atoms with Crippen molar-refractivity contribution in [2.45, 2.75) is 58.0 Å². The topological polar surface area (TPSA) is 75.3 Å². The van der Waals surface area contributed by atoms with Gasteiger partial charge in [-0.3, -0.25) is 14.4 Å². The van der Waals surface area contributed by atoms with Crippen LogP contribution in [0.1, 0.15) is 67.1 Å². The van der Waals surface area contributed by atoms with E-state index >= 15 is 0 Å². The van der Waals surface area contributed by atoms with E-state index in [1.54, 1.807) is 0 Å². The second-order valence-electron chi connectivity index (χ2n) is 8.39. The molecule has 1 aliphatic rings. The van der Waals surface area contributed by atoms with E-state index in [1.165, 1.54) is 5.56 Å². The van der Waals surface area contributed by atoms with E-state index in [1.807, 2.05) is 54.6 Å². The van der Waals surface area contributed by atoms with Crippen LogP contribution in [-0.2, 0) is 16.0 Å². The van der Waals surface area contributed by atoms with Crippen LogP contribution in [0.3, 0.4) is 0 Å². The number of carbonyl (C=O) groups is 3. The predicted molar refractivity (Wildman–Crippen MR) is 117 cm³/mol. The average molecular weight is 407 g/mol. The molecule has 0 bridgehead atoms. The average Bonchev–Trinajstić information content (AvgIpc) is 2.74. The largest absolute Gasteiger partial charge is 0.351 e. The zero-order valence-corrected chi connectivity index (χ0v) is 17.7. The molecule has 5 heteroatoms. The van der Waals surface area contributed by atoms with E-state index in [0.29, 0.717) is 24.3 Å². The summed E-state index contributed by atoms with van der Waals surface area (Å²) in [5.41, 5.74) is 2.82. The Bertz CT molecular complexity index is 875. The van der Waals surface area contributed by atoms with Gasteiger partial charge in [0.1, 0.15) is 0 Å². The molecule has 0 saturated carbocycles. The van der Waals surface area contributed by atoms with Crippen molar-refractivity contribution in [1.29, 1.82) is 0 Å². The summed E-state index contributed by atoms with van der Waals surface area (Å²) in [4.78, 5) is 36.8. The van der Waals surface area contributed by atoms with E-state index in [4.69, 9.17) is 0 Å². The molecule has 0 unspecified atom stereocenters. The first-order valence-electron chi connectivity index (χ1n) is 10.7. The van der Waals surface area contributed by atoms with Gasteiger partial charge in [0.25, 0.3) is 0 Å². The molecule has 5 nitrogen and oxygen atoms in total. The molecule has 2 amide bonds. The van der Waals surface area contributed by atoms with E-state index in [9.17, 15) is 14.4 Å². The summed E-state index contributed by atoms with van der Waals surface area (Å²) in [6, 6.07) is 16.9. The lowest BCUT2D eigenvalue weighted by Crippen LogP contribution is -2.50. The standard InChI is InChI=1S/C25H30N2O3/c1-17(2)16-18-8-10-19(11-9-18)22(28)13-15-23(29)26-21-12-14-24(30)27-25(21)20-6-4-3-5-7-20/h3-11,17,21,25H,12-16H2,1-2H3,(H,26,29)(H,27,30)/t21-,25+/m1/s1. The summed E-state index contributed by atoms with van der Waals surface area (Å²) in [7, 11) is 0. The lowest BCUT2D eigenvalue weighted by molar-refractivity contribution is -0.127. The number of carbonyl (C=O) groups excluding carboxylic acids is 3. The van der Waals surface area contributed by atoms with Gasteiger partial charge in [0.15, 0.2) is 5.78 Å². The Morgan fingerprint density at radius 2 is 1.73 bits per heavy atom. The molecule has 1 aliphatic heterocycles. The normalized spacial score (nSPS) is 18.7. The van der Waals surface area contributed by atoms with Gasteiger partial charge in [0.2, 0.25) is 11.8 Å². The highest BCUT2D eigenvalue weighted by atomic mass is 16.2. The number of Topliss-reactive ketones (excluding diaryl/α,β-unsaturated/α-hetero) is 1. The lowest BCUT2D eigenvalue weighted by Gasteiger charge is -2.33. The van der Waals surface area contributed by atoms with E-state index in [-0.39, 0.29) is 42.5 Å². The van der Waals surface area contributed by atoms with Gasteiger partial charge < -0.3 is 10.6 Å². The number of rotatable bonds is 8. The Balaban J connectivity index is 1.54. The molecule has 0 aromatic heterocycles. The number of amides is 2. The highest BCUT2D eigenvalue weighted by molar-refractivity contribution is 5.98. The third-order valence-corrected chi connectivity index (χ3v) is 5.41. The Morgan fingerprint density at radius 1 is 1.03 bits per heavy atom. The molecule has 30 heavy (non-hydrogen) atoms. The van der Waals surface area contributed by atoms with Crippen LogP contribution >= 0.6 is 0 Å². The van der Waals surface area contributed by atoms with Gasteiger partial charge in [-0.1, -0.05) is 68.4 Å². The molecule has 1 fully saturated rings. The number of piperidine rings is 1. The van der Waals surface area contributed by atoms with Crippen molar-refractivity contribution in [2.24, 2.45) is 5.92 Å². The van der Waals surface area contributed by atoms with Crippen LogP contribution in [0.15, 0.2) is 54.6 Å². The number of hydrogen-bond acceptors (Lipinski definition) is 3. The van der Waals surface area contributed by atoms with Crippen LogP contribution in [0.5, 0.6) is 0 Å². The number of nitrogens with one attached hydrogen (secondary N) is 2. The van der Waals surface area contributed by atoms with Gasteiger partial charge >= 0.3 is 0 Å². The quantitative estimate of drug-likeness (QED) is 0.651. The van der Waals surface area contributed by atoms with Crippen LogP contribution in [0, 0.1) is 5.92 Å². The minimum Gasteiger partial charge on any atom is -0.351 e. The summed E-state index contributed by atoms with van der Waals surface area (Å²) in [6.07, 6.45) is 2.26. The van der Waals surface area contributed by atoms with Crippen molar-refractivity contribution in [1.82, 2.24) is 10.6 Å². The number of ketones is 1. The number of benzene rings is 2. The molecule has 1 heterocycles. The van der Waals surface area contributed by atoms with Crippen molar-refractivity contribution in [3.8, 4) is 0 Å². The minimum atomic E-state index is -0.249. The van der Waals surface area contributed by atoms with Gasteiger partial charge in [-0.05, 0) is 29.9 Å². The molecular weight excluding hydrogens is 376 g/mol. The minimum absolute atomic E-state index is 0.00885. The fourth-order valence-electron chi connectivity index (χ4n) is 3.88. The maximum atomic E-state index is 12.5. The predicted octanol–water partition coefficient (Wildman–Crippen LogP) is 3.98. The molecule has 2 N–H and O–H groups in total. The molecule has 158 valence electrons.